The van der Waals surface area contributed by atoms with Crippen molar-refractivity contribution in [3.05, 3.63) is 12.2 Å². The van der Waals surface area contributed by atoms with Gasteiger partial charge < -0.3 is 10.4 Å². The molecule has 0 aromatic rings. The Bertz CT molecular complexity index is 341. The molecule has 0 saturated carbocycles. The molecule has 0 heterocycles. The third-order valence-corrected chi connectivity index (χ3v) is 5.16. The molecule has 0 spiro atoms. The molecule has 0 radical (unpaired) electrons. The SMILES string of the molecule is CCCCC=CCCCCCCCCCCCC(=O)NC(CO)CCCC. The molecule has 0 aliphatic carbocycles. The van der Waals surface area contributed by atoms with Crippen LogP contribution in [0.3, 0.4) is 0 Å². The molecule has 27 heavy (non-hydrogen) atoms. The highest BCUT2D eigenvalue weighted by Crippen LogP contribution is 2.12. The van der Waals surface area contributed by atoms with Crippen molar-refractivity contribution in [2.24, 2.45) is 0 Å². The number of carbonyl (C=O) groups is 1. The zero-order chi connectivity index (χ0) is 20.0. The highest BCUT2D eigenvalue weighted by atomic mass is 16.3. The van der Waals surface area contributed by atoms with Crippen LogP contribution in [0.1, 0.15) is 123 Å². The van der Waals surface area contributed by atoms with Gasteiger partial charge in [0, 0.05) is 6.42 Å². The second-order valence-electron chi connectivity index (χ2n) is 7.92. The van der Waals surface area contributed by atoms with Gasteiger partial charge in [0.1, 0.15) is 0 Å². The summed E-state index contributed by atoms with van der Waals surface area (Å²) in [4.78, 5) is 11.9. The van der Waals surface area contributed by atoms with Gasteiger partial charge in [0.05, 0.1) is 12.6 Å². The number of hydrogen-bond acceptors (Lipinski definition) is 2. The molecule has 2 N–H and O–H groups in total. The Kier molecular flexibility index (Phi) is 20.8. The fraction of sp³-hybridized carbons (Fsp3) is 0.875. The summed E-state index contributed by atoms with van der Waals surface area (Å²) < 4.78 is 0. The third-order valence-electron chi connectivity index (χ3n) is 5.16. The molecule has 0 saturated heterocycles. The Hall–Kier alpha value is -0.830. The predicted octanol–water partition coefficient (Wildman–Crippen LogP) is 6.69. The fourth-order valence-electron chi connectivity index (χ4n) is 3.30. The maximum Gasteiger partial charge on any atom is 0.220 e. The molecule has 160 valence electrons. The second kappa shape index (κ2) is 21.5. The summed E-state index contributed by atoms with van der Waals surface area (Å²) in [6, 6.07) is -0.0516. The van der Waals surface area contributed by atoms with Crippen LogP contribution in [0.4, 0.5) is 0 Å². The van der Waals surface area contributed by atoms with Crippen molar-refractivity contribution >= 4 is 5.91 Å². The van der Waals surface area contributed by atoms with E-state index < -0.39 is 0 Å². The lowest BCUT2D eigenvalue weighted by atomic mass is 10.1. The zero-order valence-corrected chi connectivity index (χ0v) is 18.3. The molecule has 1 atom stereocenters. The standard InChI is InChI=1S/C24H47NO2/c1-3-5-7-8-9-10-11-12-13-14-15-16-17-18-19-21-24(27)25-23(22-26)20-6-4-2/h8-9,23,26H,3-7,10-22H2,1-2H3,(H,25,27). The number of aliphatic hydroxyl groups is 1. The Morgan fingerprint density at radius 1 is 0.778 bits per heavy atom. The summed E-state index contributed by atoms with van der Waals surface area (Å²) in [5.74, 6) is 0.105. The van der Waals surface area contributed by atoms with Crippen molar-refractivity contribution in [2.45, 2.75) is 129 Å². The van der Waals surface area contributed by atoms with E-state index in [0.29, 0.717) is 6.42 Å². The topological polar surface area (TPSA) is 49.3 Å². The van der Waals surface area contributed by atoms with Gasteiger partial charge in [-0.3, -0.25) is 4.79 Å². The zero-order valence-electron chi connectivity index (χ0n) is 18.3. The number of allylic oxidation sites excluding steroid dienone is 2. The molecule has 0 rings (SSSR count). The van der Waals surface area contributed by atoms with Gasteiger partial charge >= 0.3 is 0 Å². The van der Waals surface area contributed by atoms with E-state index in [1.54, 1.807) is 0 Å². The number of unbranched alkanes of at least 4 members (excludes halogenated alkanes) is 12. The van der Waals surface area contributed by atoms with E-state index in [9.17, 15) is 9.90 Å². The average Bonchev–Trinajstić information content (AvgIpc) is 2.68. The molecule has 1 unspecified atom stereocenters. The number of hydrogen-bond donors (Lipinski definition) is 2. The quantitative estimate of drug-likeness (QED) is 0.182. The normalized spacial score (nSPS) is 12.6. The highest BCUT2D eigenvalue weighted by Gasteiger charge is 2.10. The van der Waals surface area contributed by atoms with Crippen molar-refractivity contribution in [1.29, 1.82) is 0 Å². The molecule has 0 aromatic carbocycles. The molecule has 0 fully saturated rings. The Labute approximate surface area is 169 Å². The van der Waals surface area contributed by atoms with Crippen LogP contribution in [0.15, 0.2) is 12.2 Å². The monoisotopic (exact) mass is 381 g/mol. The van der Waals surface area contributed by atoms with Crippen LogP contribution in [0, 0.1) is 0 Å². The average molecular weight is 382 g/mol. The summed E-state index contributed by atoms with van der Waals surface area (Å²) in [5.41, 5.74) is 0. The van der Waals surface area contributed by atoms with E-state index in [2.05, 4.69) is 31.3 Å². The van der Waals surface area contributed by atoms with Crippen LogP contribution in [0.5, 0.6) is 0 Å². The first-order valence-corrected chi connectivity index (χ1v) is 11.8. The maximum atomic E-state index is 11.9. The smallest absolute Gasteiger partial charge is 0.220 e. The summed E-state index contributed by atoms with van der Waals surface area (Å²) in [6.07, 6.45) is 24.9. The number of rotatable bonds is 20. The summed E-state index contributed by atoms with van der Waals surface area (Å²) in [7, 11) is 0. The minimum absolute atomic E-state index is 0.0516. The molecule has 0 bridgehead atoms. The predicted molar refractivity (Wildman–Crippen MR) is 118 cm³/mol. The van der Waals surface area contributed by atoms with Crippen molar-refractivity contribution in [2.75, 3.05) is 6.61 Å². The van der Waals surface area contributed by atoms with Crippen LogP contribution < -0.4 is 5.32 Å². The van der Waals surface area contributed by atoms with Crippen LogP contribution in [-0.4, -0.2) is 23.7 Å². The van der Waals surface area contributed by atoms with Crippen molar-refractivity contribution in [3.63, 3.8) is 0 Å². The lowest BCUT2D eigenvalue weighted by molar-refractivity contribution is -0.122. The lowest BCUT2D eigenvalue weighted by Crippen LogP contribution is -2.37. The van der Waals surface area contributed by atoms with Gasteiger partial charge in [0.15, 0.2) is 0 Å². The van der Waals surface area contributed by atoms with Crippen LogP contribution in [0.25, 0.3) is 0 Å². The van der Waals surface area contributed by atoms with Gasteiger partial charge in [0.25, 0.3) is 0 Å². The lowest BCUT2D eigenvalue weighted by Gasteiger charge is -2.15. The number of carbonyl (C=O) groups excluding carboxylic acids is 1. The van der Waals surface area contributed by atoms with E-state index >= 15 is 0 Å². The molecular weight excluding hydrogens is 334 g/mol. The molecule has 3 heteroatoms. The molecule has 0 aromatic heterocycles. The minimum atomic E-state index is -0.0516. The molecule has 0 aliphatic heterocycles. The summed E-state index contributed by atoms with van der Waals surface area (Å²) >= 11 is 0. The first-order valence-electron chi connectivity index (χ1n) is 11.8. The van der Waals surface area contributed by atoms with Gasteiger partial charge in [-0.05, 0) is 32.1 Å². The van der Waals surface area contributed by atoms with E-state index in [1.165, 1.54) is 70.6 Å². The number of aliphatic hydroxyl groups excluding tert-OH is 1. The Balaban J connectivity index is 3.32. The van der Waals surface area contributed by atoms with E-state index in [0.717, 1.165) is 32.1 Å². The van der Waals surface area contributed by atoms with Crippen LogP contribution in [0.2, 0.25) is 0 Å². The van der Waals surface area contributed by atoms with Gasteiger partial charge in [-0.25, -0.2) is 0 Å². The van der Waals surface area contributed by atoms with E-state index in [4.69, 9.17) is 0 Å². The summed E-state index contributed by atoms with van der Waals surface area (Å²) in [6.45, 7) is 4.43. The molecular formula is C24H47NO2. The van der Waals surface area contributed by atoms with Crippen molar-refractivity contribution < 1.29 is 9.90 Å². The van der Waals surface area contributed by atoms with Crippen LogP contribution in [-0.2, 0) is 4.79 Å². The number of nitrogens with one attached hydrogen (secondary N) is 1. The minimum Gasteiger partial charge on any atom is -0.394 e. The van der Waals surface area contributed by atoms with Crippen LogP contribution >= 0.6 is 0 Å². The summed E-state index contributed by atoms with van der Waals surface area (Å²) in [5, 5.41) is 12.2. The van der Waals surface area contributed by atoms with Gasteiger partial charge in [0.2, 0.25) is 5.91 Å². The van der Waals surface area contributed by atoms with Gasteiger partial charge in [-0.2, -0.15) is 0 Å². The Morgan fingerprint density at radius 2 is 1.30 bits per heavy atom. The second-order valence-corrected chi connectivity index (χ2v) is 7.92. The van der Waals surface area contributed by atoms with E-state index in [1.807, 2.05) is 0 Å². The number of amides is 1. The molecule has 0 aliphatic rings. The third kappa shape index (κ3) is 19.7. The molecule has 1 amide bonds. The highest BCUT2D eigenvalue weighted by molar-refractivity contribution is 5.76. The van der Waals surface area contributed by atoms with Crippen molar-refractivity contribution in [3.8, 4) is 0 Å². The van der Waals surface area contributed by atoms with E-state index in [-0.39, 0.29) is 18.6 Å². The Morgan fingerprint density at radius 3 is 1.85 bits per heavy atom. The fourth-order valence-corrected chi connectivity index (χ4v) is 3.30. The maximum absolute atomic E-state index is 11.9. The van der Waals surface area contributed by atoms with Gasteiger partial charge in [-0.1, -0.05) is 96.6 Å². The molecule has 3 nitrogen and oxygen atoms in total. The first kappa shape index (κ1) is 26.2. The largest absolute Gasteiger partial charge is 0.394 e. The van der Waals surface area contributed by atoms with Crippen molar-refractivity contribution in [1.82, 2.24) is 5.32 Å². The first-order chi connectivity index (χ1) is 13.2. The van der Waals surface area contributed by atoms with Gasteiger partial charge in [-0.15, -0.1) is 0 Å².